The van der Waals surface area contributed by atoms with Crippen LogP contribution in [0, 0.1) is 45.8 Å². The van der Waals surface area contributed by atoms with Crippen LogP contribution in [-0.4, -0.2) is 27.0 Å². The Morgan fingerprint density at radius 2 is 1.87 bits per heavy atom. The monoisotopic (exact) mass is 541 g/mol. The zero-order chi connectivity index (χ0) is 21.9. The third kappa shape index (κ3) is 3.16. The van der Waals surface area contributed by atoms with Crippen molar-refractivity contribution < 1.29 is 14.3 Å². The molecule has 0 N–H and O–H groups in total. The lowest BCUT2D eigenvalue weighted by molar-refractivity contribution is -0.156. The van der Waals surface area contributed by atoms with Gasteiger partial charge in [0.1, 0.15) is 11.9 Å². The molecule has 4 nitrogen and oxygen atoms in total. The van der Waals surface area contributed by atoms with E-state index < -0.39 is 0 Å². The number of rotatable bonds is 3. The van der Waals surface area contributed by atoms with Crippen LogP contribution < -0.4 is 0 Å². The summed E-state index contributed by atoms with van der Waals surface area (Å²) in [4.78, 5) is 24.4. The van der Waals surface area contributed by atoms with Crippen LogP contribution in [0.25, 0.3) is 0 Å². The van der Waals surface area contributed by atoms with E-state index in [4.69, 9.17) is 4.74 Å². The fraction of sp³-hybridized carbons (Fsp3) is 0.875. The fourth-order valence-corrected chi connectivity index (χ4v) is 10.6. The van der Waals surface area contributed by atoms with Crippen molar-refractivity contribution in [3.63, 3.8) is 0 Å². The summed E-state index contributed by atoms with van der Waals surface area (Å²) in [5.41, 5.74) is -0.0140. The number of fused-ring (bicyclic) bond motifs is 5. The number of alkyl halides is 2. The molecule has 0 heterocycles. The molecule has 4 rings (SSSR count). The molecule has 166 valence electrons. The van der Waals surface area contributed by atoms with E-state index in [1.54, 1.807) is 6.92 Å². The second-order valence-corrected chi connectivity index (χ2v) is 13.2. The minimum Gasteiger partial charge on any atom is -0.463 e. The van der Waals surface area contributed by atoms with E-state index in [0.29, 0.717) is 24.2 Å². The first-order chi connectivity index (χ1) is 14.1. The van der Waals surface area contributed by atoms with Gasteiger partial charge in [-0.05, 0) is 80.5 Å². The molecular weight excluding hydrogens is 510 g/mol. The zero-order valence-electron chi connectivity index (χ0n) is 18.3. The van der Waals surface area contributed by atoms with Gasteiger partial charge in [-0.2, -0.15) is 5.26 Å². The average Bonchev–Trinajstić information content (AvgIpc) is 3.04. The van der Waals surface area contributed by atoms with Crippen molar-refractivity contribution in [1.82, 2.24) is 0 Å². The number of carbonyl (C=O) groups excluding carboxylic acids is 2. The molecule has 6 heteroatoms. The first kappa shape index (κ1) is 22.8. The van der Waals surface area contributed by atoms with Gasteiger partial charge in [0.05, 0.1) is 6.07 Å². The normalized spacial score (nSPS) is 49.9. The molecule has 4 saturated carbocycles. The Morgan fingerprint density at radius 3 is 2.50 bits per heavy atom. The number of ether oxygens (including phenoxy) is 1. The van der Waals surface area contributed by atoms with Crippen LogP contribution in [0.4, 0.5) is 0 Å². The van der Waals surface area contributed by atoms with Gasteiger partial charge >= 0.3 is 5.97 Å². The smallest absolute Gasteiger partial charge is 0.302 e. The first-order valence-corrected chi connectivity index (χ1v) is 13.2. The highest BCUT2D eigenvalue weighted by molar-refractivity contribution is 9.12. The van der Waals surface area contributed by atoms with Gasteiger partial charge in [-0.25, -0.2) is 0 Å². The second kappa shape index (κ2) is 7.87. The third-order valence-corrected chi connectivity index (χ3v) is 13.2. The molecule has 0 aliphatic heterocycles. The summed E-state index contributed by atoms with van der Waals surface area (Å²) in [5.74, 6) is 1.72. The number of esters is 1. The van der Waals surface area contributed by atoms with E-state index in [2.05, 4.69) is 44.9 Å². The number of nitriles is 1. The van der Waals surface area contributed by atoms with Crippen molar-refractivity contribution in [2.75, 3.05) is 0 Å². The Hall–Kier alpha value is -0.410. The van der Waals surface area contributed by atoms with Crippen LogP contribution in [0.3, 0.4) is 0 Å². The van der Waals surface area contributed by atoms with Crippen LogP contribution in [0.5, 0.6) is 0 Å². The maximum Gasteiger partial charge on any atom is 0.302 e. The molecule has 5 unspecified atom stereocenters. The van der Waals surface area contributed by atoms with Crippen molar-refractivity contribution in [3.8, 4) is 6.07 Å². The van der Waals surface area contributed by atoms with Crippen molar-refractivity contribution in [1.29, 1.82) is 5.26 Å². The predicted octanol–water partition coefficient (Wildman–Crippen LogP) is 5.95. The van der Waals surface area contributed by atoms with Gasteiger partial charge in [-0.1, -0.05) is 38.8 Å². The van der Waals surface area contributed by atoms with Crippen LogP contribution in [0.15, 0.2) is 0 Å². The molecule has 4 aliphatic carbocycles. The molecule has 0 radical (unpaired) electrons. The lowest BCUT2D eigenvalue weighted by atomic mass is 9.44. The van der Waals surface area contributed by atoms with Crippen molar-refractivity contribution >= 4 is 43.6 Å². The van der Waals surface area contributed by atoms with E-state index in [0.717, 1.165) is 51.4 Å². The largest absolute Gasteiger partial charge is 0.463 e. The lowest BCUT2D eigenvalue weighted by Gasteiger charge is -2.65. The van der Waals surface area contributed by atoms with E-state index in [-0.39, 0.29) is 43.8 Å². The van der Waals surface area contributed by atoms with Gasteiger partial charge in [0.15, 0.2) is 0 Å². The van der Waals surface area contributed by atoms with Crippen molar-refractivity contribution in [3.05, 3.63) is 0 Å². The minimum absolute atomic E-state index is 0.0265. The molecule has 30 heavy (non-hydrogen) atoms. The fourth-order valence-electron chi connectivity index (χ4n) is 8.39. The van der Waals surface area contributed by atoms with Gasteiger partial charge in [0, 0.05) is 34.8 Å². The summed E-state index contributed by atoms with van der Waals surface area (Å²) in [6.45, 7) is 5.66. The third-order valence-electron chi connectivity index (χ3n) is 9.64. The average molecular weight is 543 g/mol. The van der Waals surface area contributed by atoms with Gasteiger partial charge < -0.3 is 4.74 Å². The maximum atomic E-state index is 12.5. The Bertz CT molecular complexity index is 781. The molecule has 0 bridgehead atoms. The molecule has 0 aromatic heterocycles. The second-order valence-electron chi connectivity index (χ2n) is 10.7. The number of hydrogen-bond acceptors (Lipinski definition) is 4. The first-order valence-electron chi connectivity index (χ1n) is 11.5. The maximum absolute atomic E-state index is 12.5. The highest BCUT2D eigenvalue weighted by Crippen LogP contribution is 2.71. The van der Waals surface area contributed by atoms with Gasteiger partial charge in [0.25, 0.3) is 0 Å². The van der Waals surface area contributed by atoms with Gasteiger partial charge in [0.2, 0.25) is 0 Å². The van der Waals surface area contributed by atoms with Crippen LogP contribution in [0.2, 0.25) is 0 Å². The van der Waals surface area contributed by atoms with Gasteiger partial charge in [-0.3, -0.25) is 9.59 Å². The summed E-state index contributed by atoms with van der Waals surface area (Å²) >= 11 is 8.25. The number of ketones is 1. The number of Topliss-reactive ketones (excluding diaryl/α,β-unsaturated/α-hetero) is 1. The summed E-state index contributed by atoms with van der Waals surface area (Å²) in [5, 5.41) is 9.67. The summed E-state index contributed by atoms with van der Waals surface area (Å²) in [6, 6.07) is 2.47. The lowest BCUT2D eigenvalue weighted by Crippen LogP contribution is -2.64. The van der Waals surface area contributed by atoms with E-state index in [1.807, 2.05) is 0 Å². The van der Waals surface area contributed by atoms with E-state index in [1.165, 1.54) is 6.92 Å². The quantitative estimate of drug-likeness (QED) is 0.326. The molecule has 0 aromatic rings. The summed E-state index contributed by atoms with van der Waals surface area (Å²) < 4.78 is 5.53. The number of halogens is 2. The number of hydrogen-bond donors (Lipinski definition) is 0. The van der Waals surface area contributed by atoms with Crippen molar-refractivity contribution in [2.24, 2.45) is 34.5 Å². The Kier molecular flexibility index (Phi) is 5.97. The van der Waals surface area contributed by atoms with Crippen LogP contribution >= 0.6 is 31.9 Å². The predicted molar refractivity (Wildman–Crippen MR) is 122 cm³/mol. The van der Waals surface area contributed by atoms with E-state index in [9.17, 15) is 14.9 Å². The molecule has 0 spiro atoms. The Balaban J connectivity index is 1.67. The minimum atomic E-state index is -0.195. The van der Waals surface area contributed by atoms with E-state index >= 15 is 0 Å². The van der Waals surface area contributed by atoms with Crippen LogP contribution in [0.1, 0.15) is 78.6 Å². The molecule has 0 amide bonds. The summed E-state index contributed by atoms with van der Waals surface area (Å²) in [7, 11) is 0. The van der Waals surface area contributed by atoms with Crippen LogP contribution in [-0.2, 0) is 14.3 Å². The molecule has 4 aliphatic rings. The zero-order valence-corrected chi connectivity index (χ0v) is 21.4. The topological polar surface area (TPSA) is 67.2 Å². The van der Waals surface area contributed by atoms with Gasteiger partial charge in [-0.15, -0.1) is 0 Å². The van der Waals surface area contributed by atoms with Crippen molar-refractivity contribution in [2.45, 2.75) is 93.8 Å². The summed E-state index contributed by atoms with van der Waals surface area (Å²) in [6.07, 6.45) is 8.45. The molecular formula is C24H33Br2NO3. The highest BCUT2D eigenvalue weighted by atomic mass is 79.9. The SMILES string of the molecule is CC(=O)O[C@H]1CC[C@]2(C)C3CC[C@@]4(CC#N)C(CC[C@@H]4C(C)=O)C3CC(Br)C2(Br)C1. The molecule has 0 aromatic carbocycles. The Morgan fingerprint density at radius 1 is 1.13 bits per heavy atom. The number of carbonyl (C=O) groups is 2. The molecule has 9 atom stereocenters. The Labute approximate surface area is 197 Å². The molecule has 0 saturated heterocycles. The molecule has 4 fully saturated rings. The standard InChI is InChI=1S/C24H33Br2NO3/c1-14(28)18-4-5-20-17-12-21(25)24(26)13-16(30-15(2)29)6-8-22(24,3)19(17)7-9-23(18,20)10-11-27/h16-21H,4-10,12-13H2,1-3H3/t16-,17?,18+,19?,20?,21?,22+,23-,24?/m0/s1. The number of nitrogens with zero attached hydrogens (tertiary/aromatic N) is 1. The highest BCUT2D eigenvalue weighted by Gasteiger charge is 2.68.